The summed E-state index contributed by atoms with van der Waals surface area (Å²) in [7, 11) is 0. The maximum atomic E-state index is 12.1. The Labute approximate surface area is 97.4 Å². The molecule has 0 aliphatic rings. The summed E-state index contributed by atoms with van der Waals surface area (Å²) in [5.74, 6) is 0.162. The lowest BCUT2D eigenvalue weighted by Crippen LogP contribution is -1.97. The van der Waals surface area contributed by atoms with Gasteiger partial charge in [0.05, 0.1) is 4.88 Å². The fourth-order valence-corrected chi connectivity index (χ4v) is 3.12. The van der Waals surface area contributed by atoms with Gasteiger partial charge in [-0.3, -0.25) is 4.79 Å². The highest BCUT2D eigenvalue weighted by atomic mass is 32.1. The SMILES string of the molecule is Cc1cc(C(=O)c2ccsc2C)sc1C. The van der Waals surface area contributed by atoms with E-state index in [1.54, 1.807) is 22.7 Å². The zero-order chi connectivity index (χ0) is 11.0. The highest BCUT2D eigenvalue weighted by molar-refractivity contribution is 7.14. The quantitative estimate of drug-likeness (QED) is 0.721. The Morgan fingerprint density at radius 2 is 1.93 bits per heavy atom. The van der Waals surface area contributed by atoms with Gasteiger partial charge in [0.1, 0.15) is 0 Å². The van der Waals surface area contributed by atoms with Crippen molar-refractivity contribution in [3.05, 3.63) is 43.3 Å². The van der Waals surface area contributed by atoms with Gasteiger partial charge in [-0.1, -0.05) is 0 Å². The van der Waals surface area contributed by atoms with Crippen molar-refractivity contribution in [1.82, 2.24) is 0 Å². The van der Waals surface area contributed by atoms with Crippen LogP contribution in [0.15, 0.2) is 17.5 Å². The van der Waals surface area contributed by atoms with Crippen molar-refractivity contribution in [3.63, 3.8) is 0 Å². The Kier molecular flexibility index (Phi) is 2.76. The van der Waals surface area contributed by atoms with E-state index in [-0.39, 0.29) is 5.78 Å². The number of carbonyl (C=O) groups excluding carboxylic acids is 1. The fraction of sp³-hybridized carbons (Fsp3) is 0.250. The normalized spacial score (nSPS) is 10.6. The van der Waals surface area contributed by atoms with Crippen LogP contribution in [0.2, 0.25) is 0 Å². The number of ketones is 1. The lowest BCUT2D eigenvalue weighted by molar-refractivity contribution is 0.104. The Bertz CT molecular complexity index is 486. The molecular formula is C12H12OS2. The van der Waals surface area contributed by atoms with E-state index in [0.29, 0.717) is 0 Å². The maximum Gasteiger partial charge on any atom is 0.204 e. The predicted molar refractivity (Wildman–Crippen MR) is 66.3 cm³/mol. The summed E-state index contributed by atoms with van der Waals surface area (Å²) in [6.45, 7) is 6.09. The van der Waals surface area contributed by atoms with E-state index < -0.39 is 0 Å². The Balaban J connectivity index is 2.41. The van der Waals surface area contributed by atoms with Crippen molar-refractivity contribution in [2.24, 2.45) is 0 Å². The summed E-state index contributed by atoms with van der Waals surface area (Å²) in [6.07, 6.45) is 0. The number of carbonyl (C=O) groups is 1. The van der Waals surface area contributed by atoms with Gasteiger partial charge >= 0.3 is 0 Å². The first-order chi connectivity index (χ1) is 7.09. The fourth-order valence-electron chi connectivity index (χ4n) is 1.44. The first kappa shape index (κ1) is 10.6. The van der Waals surface area contributed by atoms with Gasteiger partial charge in [-0.05, 0) is 43.8 Å². The molecular weight excluding hydrogens is 224 g/mol. The molecule has 0 saturated heterocycles. The van der Waals surface area contributed by atoms with Crippen molar-refractivity contribution < 1.29 is 4.79 Å². The van der Waals surface area contributed by atoms with Crippen molar-refractivity contribution in [3.8, 4) is 0 Å². The van der Waals surface area contributed by atoms with Crippen LogP contribution in [-0.4, -0.2) is 5.78 Å². The predicted octanol–water partition coefficient (Wildman–Crippen LogP) is 3.97. The van der Waals surface area contributed by atoms with E-state index in [4.69, 9.17) is 0 Å². The summed E-state index contributed by atoms with van der Waals surface area (Å²) in [5.41, 5.74) is 2.05. The standard InChI is InChI=1S/C12H12OS2/c1-7-6-11(15-8(7)2)12(13)10-4-5-14-9(10)3/h4-6H,1-3H3. The molecule has 2 heterocycles. The summed E-state index contributed by atoms with van der Waals surface area (Å²) >= 11 is 3.21. The van der Waals surface area contributed by atoms with E-state index in [1.165, 1.54) is 10.4 Å². The molecule has 2 rings (SSSR count). The van der Waals surface area contributed by atoms with Gasteiger partial charge < -0.3 is 0 Å². The molecule has 78 valence electrons. The van der Waals surface area contributed by atoms with Crippen molar-refractivity contribution >= 4 is 28.5 Å². The van der Waals surface area contributed by atoms with Crippen molar-refractivity contribution in [2.75, 3.05) is 0 Å². The number of aryl methyl sites for hydroxylation is 3. The highest BCUT2D eigenvalue weighted by Gasteiger charge is 2.15. The molecule has 0 bridgehead atoms. The third-order valence-electron chi connectivity index (χ3n) is 2.49. The molecule has 0 fully saturated rings. The molecule has 0 spiro atoms. The molecule has 0 atom stereocenters. The number of rotatable bonds is 2. The second-order valence-corrected chi connectivity index (χ2v) is 5.95. The first-order valence-electron chi connectivity index (χ1n) is 4.75. The van der Waals surface area contributed by atoms with Gasteiger partial charge in [-0.2, -0.15) is 0 Å². The monoisotopic (exact) mass is 236 g/mol. The largest absolute Gasteiger partial charge is 0.288 e. The number of hydrogen-bond acceptors (Lipinski definition) is 3. The summed E-state index contributed by atoms with van der Waals surface area (Å²) in [5, 5.41) is 1.97. The maximum absolute atomic E-state index is 12.1. The van der Waals surface area contributed by atoms with Gasteiger partial charge in [0.2, 0.25) is 5.78 Å². The van der Waals surface area contributed by atoms with Crippen LogP contribution in [0.4, 0.5) is 0 Å². The van der Waals surface area contributed by atoms with Crippen LogP contribution < -0.4 is 0 Å². The lowest BCUT2D eigenvalue weighted by atomic mass is 10.1. The van der Waals surface area contributed by atoms with E-state index in [0.717, 1.165) is 15.3 Å². The van der Waals surface area contributed by atoms with Crippen molar-refractivity contribution in [1.29, 1.82) is 0 Å². The number of hydrogen-bond donors (Lipinski definition) is 0. The molecule has 15 heavy (non-hydrogen) atoms. The third kappa shape index (κ3) is 1.90. The van der Waals surface area contributed by atoms with Crippen LogP contribution in [0.5, 0.6) is 0 Å². The Hall–Kier alpha value is -0.930. The minimum Gasteiger partial charge on any atom is -0.288 e. The third-order valence-corrected chi connectivity index (χ3v) is 4.49. The van der Waals surface area contributed by atoms with Gasteiger partial charge in [0.15, 0.2) is 0 Å². The second-order valence-electron chi connectivity index (χ2n) is 3.57. The van der Waals surface area contributed by atoms with Crippen LogP contribution in [0.1, 0.15) is 30.6 Å². The minimum atomic E-state index is 0.162. The molecule has 0 N–H and O–H groups in total. The van der Waals surface area contributed by atoms with E-state index in [1.807, 2.05) is 31.4 Å². The molecule has 2 aromatic rings. The molecule has 3 heteroatoms. The minimum absolute atomic E-state index is 0.162. The zero-order valence-corrected chi connectivity index (χ0v) is 10.6. The summed E-state index contributed by atoms with van der Waals surface area (Å²) < 4.78 is 0. The summed E-state index contributed by atoms with van der Waals surface area (Å²) in [6, 6.07) is 3.90. The molecule has 0 radical (unpaired) electrons. The molecule has 0 aliphatic carbocycles. The zero-order valence-electron chi connectivity index (χ0n) is 8.96. The molecule has 0 aromatic carbocycles. The Morgan fingerprint density at radius 3 is 2.40 bits per heavy atom. The van der Waals surface area contributed by atoms with E-state index >= 15 is 0 Å². The molecule has 2 aromatic heterocycles. The number of thiophene rings is 2. The smallest absolute Gasteiger partial charge is 0.204 e. The van der Waals surface area contributed by atoms with Crippen LogP contribution in [0, 0.1) is 20.8 Å². The van der Waals surface area contributed by atoms with Gasteiger partial charge in [0.25, 0.3) is 0 Å². The van der Waals surface area contributed by atoms with E-state index in [2.05, 4.69) is 6.92 Å². The van der Waals surface area contributed by atoms with Crippen molar-refractivity contribution in [2.45, 2.75) is 20.8 Å². The molecule has 1 nitrogen and oxygen atoms in total. The van der Waals surface area contributed by atoms with Crippen LogP contribution in [0.25, 0.3) is 0 Å². The van der Waals surface area contributed by atoms with Gasteiger partial charge in [-0.25, -0.2) is 0 Å². The molecule has 0 saturated carbocycles. The average molecular weight is 236 g/mol. The molecule has 0 unspecified atom stereocenters. The van der Waals surface area contributed by atoms with Gasteiger partial charge in [-0.15, -0.1) is 22.7 Å². The topological polar surface area (TPSA) is 17.1 Å². The average Bonchev–Trinajstić information content (AvgIpc) is 2.74. The second kappa shape index (κ2) is 3.91. The highest BCUT2D eigenvalue weighted by Crippen LogP contribution is 2.26. The summed E-state index contributed by atoms with van der Waals surface area (Å²) in [4.78, 5) is 15.3. The lowest BCUT2D eigenvalue weighted by Gasteiger charge is -1.95. The first-order valence-corrected chi connectivity index (χ1v) is 6.45. The van der Waals surface area contributed by atoms with Crippen LogP contribution in [-0.2, 0) is 0 Å². The van der Waals surface area contributed by atoms with E-state index in [9.17, 15) is 4.79 Å². The van der Waals surface area contributed by atoms with Gasteiger partial charge in [0, 0.05) is 15.3 Å². The van der Waals surface area contributed by atoms with Crippen LogP contribution in [0.3, 0.4) is 0 Å². The molecule has 0 amide bonds. The molecule has 0 aliphatic heterocycles. The van der Waals surface area contributed by atoms with Crippen LogP contribution >= 0.6 is 22.7 Å². The Morgan fingerprint density at radius 1 is 1.20 bits per heavy atom.